The van der Waals surface area contributed by atoms with Gasteiger partial charge in [0, 0.05) is 19.3 Å². The van der Waals surface area contributed by atoms with Crippen LogP contribution >= 0.6 is 11.6 Å². The first-order chi connectivity index (χ1) is 9.13. The van der Waals surface area contributed by atoms with Crippen LogP contribution in [0.2, 0.25) is 5.28 Å². The van der Waals surface area contributed by atoms with E-state index in [2.05, 4.69) is 20.7 Å². The van der Waals surface area contributed by atoms with Gasteiger partial charge >= 0.3 is 0 Å². The minimum atomic E-state index is -0.542. The summed E-state index contributed by atoms with van der Waals surface area (Å²) < 4.78 is 13.5. The summed E-state index contributed by atoms with van der Waals surface area (Å²) in [6.07, 6.45) is 1.04. The van der Waals surface area contributed by atoms with Crippen LogP contribution in [-0.4, -0.2) is 17.0 Å². The van der Waals surface area contributed by atoms with Crippen molar-refractivity contribution in [1.29, 1.82) is 0 Å². The summed E-state index contributed by atoms with van der Waals surface area (Å²) in [5.74, 6) is -0.473. The quantitative estimate of drug-likeness (QED) is 0.827. The molecule has 2 aromatic rings. The third-order valence-electron chi connectivity index (χ3n) is 2.92. The largest absolute Gasteiger partial charge is 0.338 e. The monoisotopic (exact) mass is 279 g/mol. The van der Waals surface area contributed by atoms with Crippen LogP contribution in [0.3, 0.4) is 0 Å². The van der Waals surface area contributed by atoms with Gasteiger partial charge in [0.15, 0.2) is 11.6 Å². The number of hydrazine groups is 1. The molecule has 2 N–H and O–H groups in total. The molecule has 19 heavy (non-hydrogen) atoms. The maximum atomic E-state index is 13.5. The summed E-state index contributed by atoms with van der Waals surface area (Å²) in [7, 11) is 1.95. The molecular formula is C12H11ClFN5. The van der Waals surface area contributed by atoms with Gasteiger partial charge in [-0.3, -0.25) is 0 Å². The molecular weight excluding hydrogens is 269 g/mol. The highest BCUT2D eigenvalue weighted by molar-refractivity contribution is 6.28. The Labute approximate surface area is 114 Å². The maximum absolute atomic E-state index is 13.5. The fourth-order valence-corrected chi connectivity index (χ4v) is 2.12. The zero-order valence-electron chi connectivity index (χ0n) is 10.1. The number of hydrogen-bond donors (Lipinski definition) is 2. The second-order valence-corrected chi connectivity index (χ2v) is 4.54. The molecule has 0 saturated carbocycles. The van der Waals surface area contributed by atoms with Gasteiger partial charge in [-0.1, -0.05) is 0 Å². The number of hydrogen-bond acceptors (Lipinski definition) is 5. The molecule has 0 aliphatic carbocycles. The standard InChI is InChI=1S/C12H11ClFN5/c1-19-10-3-2-8(4-7(10)5-16-19)17-11-9(14)6-15-12(13)18-11/h2-4,6,16H,5H2,1H3,(H,15,17,18). The molecule has 0 atom stereocenters. The lowest BCUT2D eigenvalue weighted by molar-refractivity contribution is 0.619. The van der Waals surface area contributed by atoms with Crippen molar-refractivity contribution in [3.05, 3.63) is 41.1 Å². The number of nitrogens with zero attached hydrogens (tertiary/aromatic N) is 3. The lowest BCUT2D eigenvalue weighted by Crippen LogP contribution is -2.26. The van der Waals surface area contributed by atoms with Crippen LogP contribution in [0.25, 0.3) is 0 Å². The Kier molecular flexibility index (Phi) is 2.96. The van der Waals surface area contributed by atoms with Gasteiger partial charge in [0.05, 0.1) is 11.9 Å². The van der Waals surface area contributed by atoms with E-state index < -0.39 is 5.82 Å². The average Bonchev–Trinajstić information content (AvgIpc) is 2.75. The van der Waals surface area contributed by atoms with Crippen LogP contribution in [0.4, 0.5) is 21.6 Å². The van der Waals surface area contributed by atoms with Crippen LogP contribution in [-0.2, 0) is 6.54 Å². The van der Waals surface area contributed by atoms with Crippen LogP contribution < -0.4 is 15.8 Å². The molecule has 1 aromatic heterocycles. The number of anilines is 3. The van der Waals surface area contributed by atoms with Gasteiger partial charge < -0.3 is 10.3 Å². The van der Waals surface area contributed by atoms with Gasteiger partial charge in [-0.2, -0.15) is 4.98 Å². The van der Waals surface area contributed by atoms with Gasteiger partial charge in [0.2, 0.25) is 5.28 Å². The van der Waals surface area contributed by atoms with E-state index in [1.54, 1.807) is 0 Å². The molecule has 0 fully saturated rings. The molecule has 7 heteroatoms. The zero-order chi connectivity index (χ0) is 13.4. The van der Waals surface area contributed by atoms with Crippen LogP contribution in [0.15, 0.2) is 24.4 Å². The predicted octanol–water partition coefficient (Wildman–Crippen LogP) is 2.47. The summed E-state index contributed by atoms with van der Waals surface area (Å²) in [4.78, 5) is 7.39. The van der Waals surface area contributed by atoms with Crippen molar-refractivity contribution in [2.24, 2.45) is 0 Å². The van der Waals surface area contributed by atoms with Crippen molar-refractivity contribution in [2.45, 2.75) is 6.54 Å². The summed E-state index contributed by atoms with van der Waals surface area (Å²) in [6, 6.07) is 5.76. The first-order valence-corrected chi connectivity index (χ1v) is 6.06. The van der Waals surface area contributed by atoms with E-state index in [1.807, 2.05) is 30.3 Å². The molecule has 0 unspecified atom stereocenters. The van der Waals surface area contributed by atoms with E-state index in [1.165, 1.54) is 0 Å². The van der Waals surface area contributed by atoms with Crippen molar-refractivity contribution in [1.82, 2.24) is 15.4 Å². The summed E-state index contributed by atoms with van der Waals surface area (Å²) in [6.45, 7) is 0.744. The molecule has 0 saturated heterocycles. The van der Waals surface area contributed by atoms with Crippen molar-refractivity contribution < 1.29 is 4.39 Å². The minimum Gasteiger partial charge on any atom is -0.338 e. The van der Waals surface area contributed by atoms with Gasteiger partial charge in [-0.05, 0) is 35.4 Å². The molecule has 1 aliphatic rings. The molecule has 2 heterocycles. The third-order valence-corrected chi connectivity index (χ3v) is 3.11. The van der Waals surface area contributed by atoms with Gasteiger partial charge in [-0.15, -0.1) is 0 Å². The summed E-state index contributed by atoms with van der Waals surface area (Å²) in [5.41, 5.74) is 6.17. The number of halogens is 2. The van der Waals surface area contributed by atoms with Gasteiger partial charge in [0.1, 0.15) is 0 Å². The Morgan fingerprint density at radius 3 is 3.16 bits per heavy atom. The Morgan fingerprint density at radius 1 is 1.47 bits per heavy atom. The number of nitrogens with one attached hydrogen (secondary N) is 2. The Bertz CT molecular complexity index is 634. The summed E-state index contributed by atoms with van der Waals surface area (Å²) in [5, 5.41) is 4.85. The topological polar surface area (TPSA) is 53.1 Å². The van der Waals surface area contributed by atoms with Crippen LogP contribution in [0.1, 0.15) is 5.56 Å². The second kappa shape index (κ2) is 4.64. The molecule has 5 nitrogen and oxygen atoms in total. The molecule has 1 aliphatic heterocycles. The SMILES string of the molecule is CN1NCc2cc(Nc3nc(Cl)ncc3F)ccc21. The molecule has 0 spiro atoms. The normalized spacial score (nSPS) is 13.5. The number of rotatable bonds is 2. The molecule has 0 radical (unpaired) electrons. The molecule has 0 amide bonds. The number of fused-ring (bicyclic) bond motifs is 1. The number of aromatic nitrogens is 2. The van der Waals surface area contributed by atoms with E-state index >= 15 is 0 Å². The fourth-order valence-electron chi connectivity index (χ4n) is 1.99. The Morgan fingerprint density at radius 2 is 2.32 bits per heavy atom. The highest BCUT2D eigenvalue weighted by Gasteiger charge is 2.15. The van der Waals surface area contributed by atoms with Crippen molar-refractivity contribution in [3.63, 3.8) is 0 Å². The second-order valence-electron chi connectivity index (χ2n) is 4.20. The van der Waals surface area contributed by atoms with Crippen molar-refractivity contribution in [2.75, 3.05) is 17.4 Å². The van der Waals surface area contributed by atoms with Crippen LogP contribution in [0.5, 0.6) is 0 Å². The average molecular weight is 280 g/mol. The first-order valence-electron chi connectivity index (χ1n) is 5.69. The Hall–Kier alpha value is -1.92. The third kappa shape index (κ3) is 2.32. The first kappa shape index (κ1) is 12.1. The molecule has 3 rings (SSSR count). The van der Waals surface area contributed by atoms with E-state index in [-0.39, 0.29) is 11.1 Å². The molecule has 1 aromatic carbocycles. The highest BCUT2D eigenvalue weighted by Crippen LogP contribution is 2.28. The Balaban J connectivity index is 1.90. The van der Waals surface area contributed by atoms with Crippen LogP contribution in [0, 0.1) is 5.82 Å². The fraction of sp³-hybridized carbons (Fsp3) is 0.167. The zero-order valence-corrected chi connectivity index (χ0v) is 10.9. The van der Waals surface area contributed by atoms with E-state index in [0.29, 0.717) is 0 Å². The molecule has 98 valence electrons. The maximum Gasteiger partial charge on any atom is 0.224 e. The van der Waals surface area contributed by atoms with E-state index in [9.17, 15) is 4.39 Å². The van der Waals surface area contributed by atoms with Gasteiger partial charge in [0.25, 0.3) is 0 Å². The van der Waals surface area contributed by atoms with Crippen molar-refractivity contribution in [3.8, 4) is 0 Å². The smallest absolute Gasteiger partial charge is 0.224 e. The lowest BCUT2D eigenvalue weighted by Gasteiger charge is -2.12. The van der Waals surface area contributed by atoms with Crippen molar-refractivity contribution >= 4 is 28.8 Å². The minimum absolute atomic E-state index is 0.00598. The summed E-state index contributed by atoms with van der Waals surface area (Å²) >= 11 is 5.65. The predicted molar refractivity (Wildman–Crippen MR) is 72.0 cm³/mol. The lowest BCUT2D eigenvalue weighted by atomic mass is 10.1. The molecule has 0 bridgehead atoms. The highest BCUT2D eigenvalue weighted by atomic mass is 35.5. The van der Waals surface area contributed by atoms with E-state index in [0.717, 1.165) is 29.7 Å². The van der Waals surface area contributed by atoms with E-state index in [4.69, 9.17) is 11.6 Å². The van der Waals surface area contributed by atoms with Gasteiger partial charge in [-0.25, -0.2) is 14.8 Å². The number of benzene rings is 1.